The number of nitrogens with one attached hydrogen (secondary N) is 1. The molecule has 0 aromatic carbocycles. The number of nitrogens with zero attached hydrogens (tertiary/aromatic N) is 2. The van der Waals surface area contributed by atoms with Crippen molar-refractivity contribution in [2.75, 3.05) is 26.2 Å². The van der Waals surface area contributed by atoms with Gasteiger partial charge in [0.1, 0.15) is 0 Å². The van der Waals surface area contributed by atoms with Crippen molar-refractivity contribution in [3.63, 3.8) is 0 Å². The van der Waals surface area contributed by atoms with Gasteiger partial charge < -0.3 is 11.1 Å². The van der Waals surface area contributed by atoms with Crippen LogP contribution in [0.25, 0.3) is 0 Å². The Bertz CT molecular complexity index is 225. The molecule has 1 saturated heterocycles. The Morgan fingerprint density at radius 1 is 1.73 bits per heavy atom. The molecule has 3 N–H and O–H groups in total. The molecule has 0 saturated carbocycles. The van der Waals surface area contributed by atoms with Crippen LogP contribution in [-0.4, -0.2) is 43.1 Å². The number of guanidine groups is 1. The van der Waals surface area contributed by atoms with Crippen molar-refractivity contribution < 1.29 is 0 Å². The predicted molar refractivity (Wildman–Crippen MR) is 65.0 cm³/mol. The van der Waals surface area contributed by atoms with E-state index in [1.54, 1.807) is 6.08 Å². The minimum absolute atomic E-state index is 0.526. The number of aliphatic imine (C=N–C) groups is 1. The molecular weight excluding hydrogens is 188 g/mol. The van der Waals surface area contributed by atoms with Gasteiger partial charge in [0.05, 0.1) is 6.54 Å². The van der Waals surface area contributed by atoms with Gasteiger partial charge in [-0.25, -0.2) is 0 Å². The summed E-state index contributed by atoms with van der Waals surface area (Å²) in [5, 5.41) is 2.98. The highest BCUT2D eigenvalue weighted by Crippen LogP contribution is 2.16. The normalized spacial score (nSPS) is 23.0. The number of hydrogen-bond acceptors (Lipinski definition) is 2. The van der Waals surface area contributed by atoms with Crippen molar-refractivity contribution in [1.82, 2.24) is 10.2 Å². The molecule has 1 rings (SSSR count). The second kappa shape index (κ2) is 6.45. The highest BCUT2D eigenvalue weighted by Gasteiger charge is 2.22. The first kappa shape index (κ1) is 12.0. The second-order valence-electron chi connectivity index (χ2n) is 3.82. The fourth-order valence-corrected chi connectivity index (χ4v) is 1.95. The molecule has 1 atom stereocenters. The largest absolute Gasteiger partial charge is 0.370 e. The van der Waals surface area contributed by atoms with E-state index >= 15 is 0 Å². The zero-order chi connectivity index (χ0) is 11.1. The summed E-state index contributed by atoms with van der Waals surface area (Å²) < 4.78 is 0. The first-order valence-corrected chi connectivity index (χ1v) is 5.66. The van der Waals surface area contributed by atoms with Crippen LogP contribution in [0.5, 0.6) is 0 Å². The van der Waals surface area contributed by atoms with Gasteiger partial charge in [-0.1, -0.05) is 13.0 Å². The van der Waals surface area contributed by atoms with E-state index in [0.717, 1.165) is 13.1 Å². The Labute approximate surface area is 92.2 Å². The van der Waals surface area contributed by atoms with Crippen LogP contribution in [0.2, 0.25) is 0 Å². The Hall–Kier alpha value is -1.03. The van der Waals surface area contributed by atoms with Crippen LogP contribution in [-0.2, 0) is 0 Å². The van der Waals surface area contributed by atoms with Gasteiger partial charge in [-0.3, -0.25) is 9.89 Å². The molecule has 0 radical (unpaired) electrons. The van der Waals surface area contributed by atoms with Gasteiger partial charge in [0, 0.05) is 12.6 Å². The molecule has 0 aliphatic carbocycles. The topological polar surface area (TPSA) is 53.6 Å². The molecule has 86 valence electrons. The van der Waals surface area contributed by atoms with Gasteiger partial charge in [0.2, 0.25) is 0 Å². The molecule has 1 heterocycles. The van der Waals surface area contributed by atoms with Crippen molar-refractivity contribution in [3.8, 4) is 0 Å². The quantitative estimate of drug-likeness (QED) is 0.396. The molecule has 0 aromatic heterocycles. The highest BCUT2D eigenvalue weighted by molar-refractivity contribution is 5.77. The third kappa shape index (κ3) is 3.91. The summed E-state index contributed by atoms with van der Waals surface area (Å²) in [5.74, 6) is 0.526. The van der Waals surface area contributed by atoms with Crippen LogP contribution in [0, 0.1) is 0 Å². The summed E-state index contributed by atoms with van der Waals surface area (Å²) in [5.41, 5.74) is 5.70. The molecule has 1 fully saturated rings. The van der Waals surface area contributed by atoms with Gasteiger partial charge in [0.15, 0.2) is 5.96 Å². The van der Waals surface area contributed by atoms with Gasteiger partial charge in [0.25, 0.3) is 0 Å². The molecule has 0 amide bonds. The molecule has 1 unspecified atom stereocenters. The number of rotatable bonds is 5. The van der Waals surface area contributed by atoms with Crippen LogP contribution >= 0.6 is 0 Å². The van der Waals surface area contributed by atoms with Crippen LogP contribution in [0.4, 0.5) is 0 Å². The van der Waals surface area contributed by atoms with E-state index < -0.39 is 0 Å². The van der Waals surface area contributed by atoms with Crippen LogP contribution in [0.3, 0.4) is 0 Å². The van der Waals surface area contributed by atoms with Crippen LogP contribution in [0.15, 0.2) is 17.6 Å². The van der Waals surface area contributed by atoms with E-state index in [9.17, 15) is 0 Å². The van der Waals surface area contributed by atoms with E-state index in [1.807, 2.05) is 0 Å². The lowest BCUT2D eigenvalue weighted by molar-refractivity contribution is 0.273. The molecule has 1 aliphatic heterocycles. The highest BCUT2D eigenvalue weighted by atomic mass is 15.2. The standard InChI is InChI=1S/C11H22N4/c1-3-7-13-11(12)14-9-10-6-5-8-15(10)4-2/h3,10H,1,4-9H2,2H3,(H3,12,13,14). The zero-order valence-corrected chi connectivity index (χ0v) is 9.58. The van der Waals surface area contributed by atoms with E-state index in [0.29, 0.717) is 18.5 Å². The first-order valence-electron chi connectivity index (χ1n) is 5.66. The zero-order valence-electron chi connectivity index (χ0n) is 9.58. The Balaban J connectivity index is 2.31. The monoisotopic (exact) mass is 210 g/mol. The number of nitrogens with two attached hydrogens (primary N) is 1. The van der Waals surface area contributed by atoms with E-state index in [4.69, 9.17) is 5.73 Å². The summed E-state index contributed by atoms with van der Waals surface area (Å²) >= 11 is 0. The summed E-state index contributed by atoms with van der Waals surface area (Å²) in [6, 6.07) is 0.582. The molecule has 4 heteroatoms. The Morgan fingerprint density at radius 2 is 2.53 bits per heavy atom. The molecule has 1 aliphatic rings. The number of likely N-dealkylation sites (N-methyl/N-ethyl adjacent to an activating group) is 1. The van der Waals surface area contributed by atoms with Gasteiger partial charge in [-0.2, -0.15) is 0 Å². The SMILES string of the molecule is C=CCNC(N)=NCC1CCCN1CC. The van der Waals surface area contributed by atoms with Gasteiger partial charge in [-0.05, 0) is 25.9 Å². The Morgan fingerprint density at radius 3 is 3.20 bits per heavy atom. The summed E-state index contributed by atoms with van der Waals surface area (Å²) in [6.45, 7) is 9.61. The molecule has 0 bridgehead atoms. The van der Waals surface area contributed by atoms with Crippen LogP contribution in [0.1, 0.15) is 19.8 Å². The lowest BCUT2D eigenvalue weighted by atomic mass is 10.2. The minimum Gasteiger partial charge on any atom is -0.370 e. The maximum Gasteiger partial charge on any atom is 0.188 e. The average molecular weight is 210 g/mol. The van der Waals surface area contributed by atoms with E-state index in [1.165, 1.54) is 19.4 Å². The van der Waals surface area contributed by atoms with E-state index in [-0.39, 0.29) is 0 Å². The number of likely N-dealkylation sites (tertiary alicyclic amines) is 1. The fourth-order valence-electron chi connectivity index (χ4n) is 1.95. The maximum absolute atomic E-state index is 5.70. The molecule has 15 heavy (non-hydrogen) atoms. The molecule has 4 nitrogen and oxygen atoms in total. The minimum atomic E-state index is 0.526. The van der Waals surface area contributed by atoms with Crippen molar-refractivity contribution in [2.45, 2.75) is 25.8 Å². The average Bonchev–Trinajstić information content (AvgIpc) is 2.70. The molecular formula is C11H22N4. The summed E-state index contributed by atoms with van der Waals surface area (Å²) in [7, 11) is 0. The van der Waals surface area contributed by atoms with Gasteiger partial charge >= 0.3 is 0 Å². The second-order valence-corrected chi connectivity index (χ2v) is 3.82. The maximum atomic E-state index is 5.70. The summed E-state index contributed by atoms with van der Waals surface area (Å²) in [6.07, 6.45) is 4.30. The van der Waals surface area contributed by atoms with Crippen molar-refractivity contribution >= 4 is 5.96 Å². The van der Waals surface area contributed by atoms with Crippen LogP contribution < -0.4 is 11.1 Å². The predicted octanol–water partition coefficient (Wildman–Crippen LogP) is 0.561. The molecule has 0 aromatic rings. The number of hydrogen-bond donors (Lipinski definition) is 2. The first-order chi connectivity index (χ1) is 7.27. The molecule has 0 spiro atoms. The lowest BCUT2D eigenvalue weighted by Gasteiger charge is -2.20. The van der Waals surface area contributed by atoms with E-state index in [2.05, 4.69) is 28.7 Å². The fraction of sp³-hybridized carbons (Fsp3) is 0.727. The smallest absolute Gasteiger partial charge is 0.188 e. The lowest BCUT2D eigenvalue weighted by Crippen LogP contribution is -2.35. The van der Waals surface area contributed by atoms with Crippen molar-refractivity contribution in [1.29, 1.82) is 0 Å². The van der Waals surface area contributed by atoms with Gasteiger partial charge in [-0.15, -0.1) is 6.58 Å². The third-order valence-corrected chi connectivity index (χ3v) is 2.81. The third-order valence-electron chi connectivity index (χ3n) is 2.81. The van der Waals surface area contributed by atoms with Crippen molar-refractivity contribution in [3.05, 3.63) is 12.7 Å². The Kier molecular flexibility index (Phi) is 5.18. The van der Waals surface area contributed by atoms with Crippen molar-refractivity contribution in [2.24, 2.45) is 10.7 Å². The summed E-state index contributed by atoms with van der Waals surface area (Å²) in [4.78, 5) is 6.80.